The lowest BCUT2D eigenvalue weighted by molar-refractivity contribution is -0.0436. The molecule has 0 spiro atoms. The van der Waals surface area contributed by atoms with Crippen molar-refractivity contribution in [3.63, 3.8) is 0 Å². The van der Waals surface area contributed by atoms with Crippen molar-refractivity contribution in [2.75, 3.05) is 13.2 Å². The van der Waals surface area contributed by atoms with E-state index in [2.05, 4.69) is 4.99 Å². The van der Waals surface area contributed by atoms with Gasteiger partial charge in [0.15, 0.2) is 5.96 Å². The van der Waals surface area contributed by atoms with Crippen molar-refractivity contribution in [2.45, 2.75) is 10.4 Å². The van der Waals surface area contributed by atoms with Crippen LogP contribution in [0.3, 0.4) is 0 Å². The molecule has 1 aromatic carbocycles. The predicted molar refractivity (Wildman–Crippen MR) is 81.3 cm³/mol. The number of hydrogen-bond acceptors (Lipinski definition) is 4. The highest BCUT2D eigenvalue weighted by molar-refractivity contribution is 14.0. The molecule has 0 aliphatic rings. The third kappa shape index (κ3) is 5.57. The van der Waals surface area contributed by atoms with Crippen LogP contribution in [-0.4, -0.2) is 33.0 Å². The van der Waals surface area contributed by atoms with Crippen molar-refractivity contribution in [1.82, 2.24) is 0 Å². The Balaban J connectivity index is 0.00000400. The minimum absolute atomic E-state index is 0. The average molecular weight is 439 g/mol. The highest BCUT2D eigenvalue weighted by Crippen LogP contribution is 2.30. The summed E-state index contributed by atoms with van der Waals surface area (Å²) in [6, 6.07) is 3.87. The molecule has 0 fully saturated rings. The second-order valence-corrected chi connectivity index (χ2v) is 5.52. The van der Waals surface area contributed by atoms with Crippen molar-refractivity contribution in [3.8, 4) is 5.75 Å². The summed E-state index contributed by atoms with van der Waals surface area (Å²) in [6.07, 6.45) is 0. The lowest BCUT2D eigenvalue weighted by atomic mass is 10.3. The Labute approximate surface area is 136 Å². The first kappa shape index (κ1) is 19.8. The van der Waals surface area contributed by atoms with Crippen LogP contribution in [-0.2, 0) is 9.84 Å². The maximum absolute atomic E-state index is 12.3. The van der Waals surface area contributed by atoms with Gasteiger partial charge in [-0.2, -0.15) is 13.2 Å². The molecular formula is C10H13F3IN3O3S. The van der Waals surface area contributed by atoms with E-state index in [1.165, 1.54) is 0 Å². The van der Waals surface area contributed by atoms with Crippen molar-refractivity contribution in [1.29, 1.82) is 0 Å². The van der Waals surface area contributed by atoms with E-state index in [1.807, 2.05) is 0 Å². The molecule has 0 amide bonds. The fraction of sp³-hybridized carbons (Fsp3) is 0.300. The standard InChI is InChI=1S/C10H12F3N3O3S.HI/c11-10(12,13)20(17,18)8-3-1-7(2-4-8)19-6-5-16-9(14)15;/h1-4H,5-6H2,(H4,14,15,16);1H. The topological polar surface area (TPSA) is 108 Å². The molecule has 6 nitrogen and oxygen atoms in total. The molecule has 0 aliphatic heterocycles. The number of sulfone groups is 1. The number of benzene rings is 1. The molecule has 1 aromatic rings. The quantitative estimate of drug-likeness (QED) is 0.311. The Bertz CT molecular complexity index is 584. The van der Waals surface area contributed by atoms with Crippen LogP contribution in [0.5, 0.6) is 5.75 Å². The van der Waals surface area contributed by atoms with E-state index in [1.54, 1.807) is 0 Å². The number of alkyl halides is 3. The van der Waals surface area contributed by atoms with Crippen molar-refractivity contribution < 1.29 is 26.3 Å². The van der Waals surface area contributed by atoms with Crippen LogP contribution in [0.15, 0.2) is 34.2 Å². The largest absolute Gasteiger partial charge is 0.501 e. The van der Waals surface area contributed by atoms with E-state index < -0.39 is 20.2 Å². The number of hydrogen-bond donors (Lipinski definition) is 2. The highest BCUT2D eigenvalue weighted by atomic mass is 127. The second kappa shape index (κ2) is 7.68. The summed E-state index contributed by atoms with van der Waals surface area (Å²) < 4.78 is 64.2. The lowest BCUT2D eigenvalue weighted by Gasteiger charge is -2.09. The summed E-state index contributed by atoms with van der Waals surface area (Å²) in [6.45, 7) is 0.272. The number of guanidine groups is 1. The second-order valence-electron chi connectivity index (χ2n) is 3.58. The fourth-order valence-corrected chi connectivity index (χ4v) is 1.95. The molecule has 4 N–H and O–H groups in total. The van der Waals surface area contributed by atoms with Gasteiger partial charge >= 0.3 is 5.51 Å². The lowest BCUT2D eigenvalue weighted by Crippen LogP contribution is -2.23. The number of rotatable bonds is 5. The van der Waals surface area contributed by atoms with Gasteiger partial charge in [0.25, 0.3) is 9.84 Å². The maximum atomic E-state index is 12.3. The van der Waals surface area contributed by atoms with E-state index in [9.17, 15) is 21.6 Å². The highest BCUT2D eigenvalue weighted by Gasteiger charge is 2.46. The Morgan fingerprint density at radius 1 is 1.19 bits per heavy atom. The SMILES string of the molecule is I.NC(N)=NCCOc1ccc(S(=O)(=O)C(F)(F)F)cc1. The third-order valence-electron chi connectivity index (χ3n) is 2.09. The summed E-state index contributed by atoms with van der Waals surface area (Å²) in [5.41, 5.74) is 4.83. The van der Waals surface area contributed by atoms with Crippen LogP contribution in [0.25, 0.3) is 0 Å². The van der Waals surface area contributed by atoms with E-state index in [-0.39, 0.29) is 48.8 Å². The van der Waals surface area contributed by atoms with Crippen LogP contribution in [0.4, 0.5) is 13.2 Å². The monoisotopic (exact) mass is 439 g/mol. The molecule has 1 rings (SSSR count). The normalized spacial score (nSPS) is 11.4. The van der Waals surface area contributed by atoms with Gasteiger partial charge in [-0.25, -0.2) is 8.42 Å². The molecule has 21 heavy (non-hydrogen) atoms. The Morgan fingerprint density at radius 2 is 1.71 bits per heavy atom. The number of nitrogens with zero attached hydrogens (tertiary/aromatic N) is 1. The number of nitrogens with two attached hydrogens (primary N) is 2. The van der Waals surface area contributed by atoms with Gasteiger partial charge in [0.05, 0.1) is 11.4 Å². The van der Waals surface area contributed by atoms with Crippen LogP contribution in [0.2, 0.25) is 0 Å². The fourth-order valence-electron chi connectivity index (χ4n) is 1.19. The molecule has 11 heteroatoms. The molecule has 0 radical (unpaired) electrons. The molecule has 0 aliphatic carbocycles. The third-order valence-corrected chi connectivity index (χ3v) is 3.60. The summed E-state index contributed by atoms with van der Waals surface area (Å²) in [7, 11) is -5.34. The van der Waals surface area contributed by atoms with Crippen LogP contribution in [0, 0.1) is 0 Å². The molecule has 0 heterocycles. The van der Waals surface area contributed by atoms with E-state index in [0.717, 1.165) is 24.3 Å². The number of aliphatic imine (C=N–C) groups is 1. The Kier molecular flexibility index (Phi) is 7.23. The minimum Gasteiger partial charge on any atom is -0.492 e. The Morgan fingerprint density at radius 3 is 2.14 bits per heavy atom. The van der Waals surface area contributed by atoms with Crippen molar-refractivity contribution in [3.05, 3.63) is 24.3 Å². The molecule has 0 bridgehead atoms. The first-order chi connectivity index (χ1) is 9.14. The zero-order valence-corrected chi connectivity index (χ0v) is 13.6. The number of ether oxygens (including phenoxy) is 1. The molecule has 0 aromatic heterocycles. The van der Waals surface area contributed by atoms with Gasteiger partial charge in [-0.1, -0.05) is 0 Å². The molecule has 120 valence electrons. The zero-order valence-electron chi connectivity index (χ0n) is 10.5. The summed E-state index contributed by atoms with van der Waals surface area (Å²) in [4.78, 5) is 2.79. The number of halogens is 4. The first-order valence-corrected chi connectivity index (χ1v) is 6.72. The van der Waals surface area contributed by atoms with Gasteiger partial charge in [-0.05, 0) is 24.3 Å². The maximum Gasteiger partial charge on any atom is 0.501 e. The van der Waals surface area contributed by atoms with Gasteiger partial charge in [0.2, 0.25) is 0 Å². The Hall–Kier alpha value is -1.24. The molecular weight excluding hydrogens is 426 g/mol. The molecule has 0 saturated heterocycles. The zero-order chi connectivity index (χ0) is 15.4. The van der Waals surface area contributed by atoms with Crippen molar-refractivity contribution in [2.24, 2.45) is 16.5 Å². The molecule has 0 saturated carbocycles. The minimum atomic E-state index is -5.34. The van der Waals surface area contributed by atoms with E-state index in [4.69, 9.17) is 16.2 Å². The molecule has 0 unspecified atom stereocenters. The predicted octanol–water partition coefficient (Wildman–Crippen LogP) is 1.25. The van der Waals surface area contributed by atoms with Crippen LogP contribution < -0.4 is 16.2 Å². The van der Waals surface area contributed by atoms with Gasteiger partial charge < -0.3 is 16.2 Å². The van der Waals surface area contributed by atoms with Crippen molar-refractivity contribution >= 4 is 39.8 Å². The van der Waals surface area contributed by atoms with E-state index >= 15 is 0 Å². The first-order valence-electron chi connectivity index (χ1n) is 5.24. The van der Waals surface area contributed by atoms with Gasteiger partial charge in [-0.15, -0.1) is 24.0 Å². The van der Waals surface area contributed by atoms with Gasteiger partial charge in [0, 0.05) is 0 Å². The van der Waals surface area contributed by atoms with Crippen LogP contribution >= 0.6 is 24.0 Å². The van der Waals surface area contributed by atoms with Gasteiger partial charge in [-0.3, -0.25) is 4.99 Å². The summed E-state index contributed by atoms with van der Waals surface area (Å²) in [5, 5.41) is 0. The summed E-state index contributed by atoms with van der Waals surface area (Å²) >= 11 is 0. The smallest absolute Gasteiger partial charge is 0.492 e. The average Bonchev–Trinajstić information content (AvgIpc) is 2.33. The summed E-state index contributed by atoms with van der Waals surface area (Å²) in [5.74, 6) is 0.0946. The van der Waals surface area contributed by atoms with E-state index in [0.29, 0.717) is 0 Å². The van der Waals surface area contributed by atoms with Gasteiger partial charge in [0.1, 0.15) is 12.4 Å². The van der Waals surface area contributed by atoms with Crippen LogP contribution in [0.1, 0.15) is 0 Å². The molecule has 0 atom stereocenters.